The largest absolute Gasteiger partial charge is 0.395 e. The Labute approximate surface area is 175 Å². The summed E-state index contributed by atoms with van der Waals surface area (Å²) < 4.78 is 64.3. The molecule has 1 atom stereocenters. The van der Waals surface area contributed by atoms with Crippen LogP contribution in [0.1, 0.15) is 17.9 Å². The number of hydrogen-bond donors (Lipinski definition) is 1. The number of aromatic nitrogens is 6. The van der Waals surface area contributed by atoms with Crippen molar-refractivity contribution in [3.05, 3.63) is 54.6 Å². The lowest BCUT2D eigenvalue weighted by molar-refractivity contribution is -0.150. The van der Waals surface area contributed by atoms with E-state index < -0.39 is 34.1 Å². The minimum atomic E-state index is -4.58. The molecule has 162 valence electrons. The number of nitrogens with one attached hydrogen (secondary N) is 1. The summed E-state index contributed by atoms with van der Waals surface area (Å²) in [5.74, 6) is -1.61. The van der Waals surface area contributed by atoms with Gasteiger partial charge in [-0.15, -0.1) is 0 Å². The Morgan fingerprint density at radius 1 is 1.16 bits per heavy atom. The van der Waals surface area contributed by atoms with Crippen molar-refractivity contribution in [1.29, 1.82) is 0 Å². The van der Waals surface area contributed by atoms with Gasteiger partial charge in [0.25, 0.3) is 0 Å². The lowest BCUT2D eigenvalue weighted by Crippen LogP contribution is -2.23. The molecular weight excluding hydrogens is 433 g/mol. The molecule has 1 N–H and O–H groups in total. The maximum absolute atomic E-state index is 13.4. The van der Waals surface area contributed by atoms with E-state index in [1.165, 1.54) is 16.8 Å². The maximum Gasteiger partial charge on any atom is 0.395 e. The highest BCUT2D eigenvalue weighted by Gasteiger charge is 2.41. The molecule has 0 bridgehead atoms. The van der Waals surface area contributed by atoms with Crippen molar-refractivity contribution < 1.29 is 21.6 Å². The second kappa shape index (κ2) is 7.76. The van der Waals surface area contributed by atoms with Crippen molar-refractivity contribution in [2.24, 2.45) is 0 Å². The lowest BCUT2D eigenvalue weighted by Gasteiger charge is -2.20. The van der Waals surface area contributed by atoms with E-state index >= 15 is 0 Å². The number of H-pyrrole nitrogens is 1. The molecule has 0 saturated carbocycles. The van der Waals surface area contributed by atoms with Gasteiger partial charge in [-0.25, -0.2) is 28.1 Å². The van der Waals surface area contributed by atoms with Crippen LogP contribution in [0.5, 0.6) is 0 Å². The molecule has 0 unspecified atom stereocenters. The fourth-order valence-corrected chi connectivity index (χ4v) is 3.81. The first-order valence-electron chi connectivity index (χ1n) is 9.17. The van der Waals surface area contributed by atoms with Gasteiger partial charge in [-0.1, -0.05) is 6.07 Å². The molecule has 0 spiro atoms. The molecule has 4 aromatic rings. The van der Waals surface area contributed by atoms with Gasteiger partial charge >= 0.3 is 6.18 Å². The van der Waals surface area contributed by atoms with Crippen LogP contribution in [0.25, 0.3) is 28.4 Å². The first kappa shape index (κ1) is 21.0. The van der Waals surface area contributed by atoms with Crippen molar-refractivity contribution >= 4 is 21.0 Å². The van der Waals surface area contributed by atoms with Crippen LogP contribution in [-0.4, -0.2) is 56.3 Å². The van der Waals surface area contributed by atoms with E-state index in [0.29, 0.717) is 22.9 Å². The number of aromatic amines is 1. The number of halogens is 3. The van der Waals surface area contributed by atoms with Crippen LogP contribution in [0.2, 0.25) is 0 Å². The standard InChI is InChI=1S/C19H17F3N6O2S/c1-31(29,30)8-6-14(19(20,21)22)12-4-5-16(24-9-12)28-11-13(10-25-28)17-26-15-3-2-7-23-18(15)27-17/h2-5,7,9-11,14H,6,8H2,1H3,(H,23,26,27)/t14-/m0/s1. The summed E-state index contributed by atoms with van der Waals surface area (Å²) in [6.45, 7) is 0. The van der Waals surface area contributed by atoms with Crippen LogP contribution in [0, 0.1) is 0 Å². The molecule has 31 heavy (non-hydrogen) atoms. The lowest BCUT2D eigenvalue weighted by atomic mass is 9.97. The van der Waals surface area contributed by atoms with Crippen molar-refractivity contribution in [3.8, 4) is 17.2 Å². The Morgan fingerprint density at radius 2 is 1.97 bits per heavy atom. The first-order chi connectivity index (χ1) is 14.6. The van der Waals surface area contributed by atoms with E-state index in [0.717, 1.165) is 18.0 Å². The van der Waals surface area contributed by atoms with E-state index in [1.54, 1.807) is 24.7 Å². The van der Waals surface area contributed by atoms with Crippen LogP contribution >= 0.6 is 0 Å². The Kier molecular flexibility index (Phi) is 5.25. The van der Waals surface area contributed by atoms with Crippen LogP contribution < -0.4 is 0 Å². The summed E-state index contributed by atoms with van der Waals surface area (Å²) in [6, 6.07) is 6.31. The van der Waals surface area contributed by atoms with E-state index in [-0.39, 0.29) is 5.56 Å². The molecule has 0 aliphatic heterocycles. The van der Waals surface area contributed by atoms with E-state index in [2.05, 4.69) is 25.0 Å². The highest BCUT2D eigenvalue weighted by molar-refractivity contribution is 7.90. The number of alkyl halides is 3. The van der Waals surface area contributed by atoms with Crippen molar-refractivity contribution in [3.63, 3.8) is 0 Å². The minimum absolute atomic E-state index is 0.101. The fourth-order valence-electron chi connectivity index (χ4n) is 3.14. The van der Waals surface area contributed by atoms with E-state index in [4.69, 9.17) is 0 Å². The monoisotopic (exact) mass is 450 g/mol. The molecule has 0 aliphatic rings. The highest BCUT2D eigenvalue weighted by atomic mass is 32.2. The molecule has 8 nitrogen and oxygen atoms in total. The highest BCUT2D eigenvalue weighted by Crippen LogP contribution is 2.37. The van der Waals surface area contributed by atoms with Crippen LogP contribution in [0.4, 0.5) is 13.2 Å². The van der Waals surface area contributed by atoms with Gasteiger partial charge < -0.3 is 4.98 Å². The van der Waals surface area contributed by atoms with Crippen LogP contribution in [0.15, 0.2) is 49.1 Å². The summed E-state index contributed by atoms with van der Waals surface area (Å²) in [5, 5.41) is 4.20. The summed E-state index contributed by atoms with van der Waals surface area (Å²) in [6.07, 6.45) is 1.70. The van der Waals surface area contributed by atoms with Gasteiger partial charge in [0.05, 0.1) is 28.9 Å². The number of hydrogen-bond acceptors (Lipinski definition) is 6. The second-order valence-electron chi connectivity index (χ2n) is 7.10. The van der Waals surface area contributed by atoms with E-state index in [1.807, 2.05) is 6.07 Å². The Balaban J connectivity index is 1.57. The SMILES string of the molecule is CS(=O)(=O)CC[C@@H](c1ccc(-n2cc(-c3nc4ncccc4[nH]3)cn2)nc1)C(F)(F)F. The van der Waals surface area contributed by atoms with Gasteiger partial charge in [-0.05, 0) is 30.2 Å². The zero-order valence-electron chi connectivity index (χ0n) is 16.2. The van der Waals surface area contributed by atoms with Gasteiger partial charge in [0.15, 0.2) is 11.5 Å². The number of fused-ring (bicyclic) bond motifs is 1. The third-order valence-electron chi connectivity index (χ3n) is 4.69. The zero-order chi connectivity index (χ0) is 22.2. The Morgan fingerprint density at radius 3 is 2.61 bits per heavy atom. The molecule has 0 saturated heterocycles. The number of imidazole rings is 1. The van der Waals surface area contributed by atoms with Gasteiger partial charge in [-0.3, -0.25) is 0 Å². The minimum Gasteiger partial charge on any atom is -0.336 e. The number of rotatable bonds is 6. The van der Waals surface area contributed by atoms with Crippen LogP contribution in [-0.2, 0) is 9.84 Å². The third-order valence-corrected chi connectivity index (χ3v) is 5.67. The summed E-state index contributed by atoms with van der Waals surface area (Å²) in [4.78, 5) is 15.7. The molecule has 0 fully saturated rings. The molecule has 0 aromatic carbocycles. The molecule has 4 heterocycles. The van der Waals surface area contributed by atoms with E-state index in [9.17, 15) is 21.6 Å². The van der Waals surface area contributed by atoms with Crippen molar-refractivity contribution in [2.75, 3.05) is 12.0 Å². The molecule has 0 amide bonds. The molecule has 12 heteroatoms. The third kappa shape index (κ3) is 4.74. The van der Waals surface area contributed by atoms with Gasteiger partial charge in [0.2, 0.25) is 0 Å². The molecular formula is C19H17F3N6O2S. The predicted molar refractivity (Wildman–Crippen MR) is 107 cm³/mol. The molecule has 0 radical (unpaired) electrons. The molecule has 4 rings (SSSR count). The predicted octanol–water partition coefficient (Wildman–Crippen LogP) is 3.29. The normalized spacial score (nSPS) is 13.5. The average molecular weight is 450 g/mol. The topological polar surface area (TPSA) is 106 Å². The van der Waals surface area contributed by atoms with Gasteiger partial charge in [-0.2, -0.15) is 18.3 Å². The smallest absolute Gasteiger partial charge is 0.336 e. The van der Waals surface area contributed by atoms with Crippen molar-refractivity contribution in [1.82, 2.24) is 29.7 Å². The molecule has 4 aromatic heterocycles. The second-order valence-corrected chi connectivity index (χ2v) is 9.36. The molecule has 0 aliphatic carbocycles. The van der Waals surface area contributed by atoms with Gasteiger partial charge in [0.1, 0.15) is 15.7 Å². The van der Waals surface area contributed by atoms with Gasteiger partial charge in [0, 0.05) is 24.8 Å². The number of pyridine rings is 2. The summed E-state index contributed by atoms with van der Waals surface area (Å²) in [7, 11) is -3.52. The first-order valence-corrected chi connectivity index (χ1v) is 11.2. The average Bonchev–Trinajstić information content (AvgIpc) is 3.33. The summed E-state index contributed by atoms with van der Waals surface area (Å²) >= 11 is 0. The maximum atomic E-state index is 13.4. The van der Waals surface area contributed by atoms with Crippen molar-refractivity contribution in [2.45, 2.75) is 18.5 Å². The quantitative estimate of drug-likeness (QED) is 0.483. The number of nitrogens with zero attached hydrogens (tertiary/aromatic N) is 5. The summed E-state index contributed by atoms with van der Waals surface area (Å²) in [5.41, 5.74) is 1.88. The number of sulfone groups is 1. The van der Waals surface area contributed by atoms with Crippen LogP contribution in [0.3, 0.4) is 0 Å². The Hall–Kier alpha value is -3.28. The fraction of sp³-hybridized carbons (Fsp3) is 0.263. The Bertz CT molecular complexity index is 1280. The zero-order valence-corrected chi connectivity index (χ0v) is 17.0.